The molecule has 1 aliphatic carbocycles. The van der Waals surface area contributed by atoms with Gasteiger partial charge in [0, 0.05) is 12.7 Å². The minimum absolute atomic E-state index is 0.785. The molecule has 2 aromatic heterocycles. The normalized spacial score (nSPS) is 17.2. The van der Waals surface area contributed by atoms with Crippen molar-refractivity contribution in [1.82, 2.24) is 14.5 Å². The first-order valence-corrected chi connectivity index (χ1v) is 6.29. The van der Waals surface area contributed by atoms with Gasteiger partial charge in [-0.05, 0) is 43.1 Å². The zero-order valence-electron chi connectivity index (χ0n) is 9.15. The third kappa shape index (κ3) is 1.67. The standard InChI is InChI=1S/C12H15N3S/c16-12-14-10-6-3-7-13-11(10)15(12)8-9-4-1-2-5-9/h3,6-7,9H,1-2,4-5,8H2,(H,14,16). The van der Waals surface area contributed by atoms with Gasteiger partial charge >= 0.3 is 0 Å². The van der Waals surface area contributed by atoms with Gasteiger partial charge in [-0.2, -0.15) is 0 Å². The Labute approximate surface area is 99.5 Å². The fourth-order valence-electron chi connectivity index (χ4n) is 2.61. The summed E-state index contributed by atoms with van der Waals surface area (Å²) in [7, 11) is 0. The Balaban J connectivity index is 2.01. The zero-order chi connectivity index (χ0) is 11.0. The molecule has 1 saturated carbocycles. The molecule has 4 heteroatoms. The van der Waals surface area contributed by atoms with Crippen LogP contribution in [0.2, 0.25) is 0 Å². The monoisotopic (exact) mass is 233 g/mol. The summed E-state index contributed by atoms with van der Waals surface area (Å²) in [5, 5.41) is 0. The van der Waals surface area contributed by atoms with Crippen LogP contribution >= 0.6 is 12.2 Å². The zero-order valence-corrected chi connectivity index (χ0v) is 9.96. The van der Waals surface area contributed by atoms with E-state index in [-0.39, 0.29) is 0 Å². The number of pyridine rings is 1. The van der Waals surface area contributed by atoms with E-state index in [9.17, 15) is 0 Å². The minimum atomic E-state index is 0.785. The fraction of sp³-hybridized carbons (Fsp3) is 0.500. The van der Waals surface area contributed by atoms with E-state index in [0.717, 1.165) is 28.4 Å². The predicted molar refractivity (Wildman–Crippen MR) is 66.9 cm³/mol. The molecule has 2 aromatic rings. The second-order valence-corrected chi connectivity index (χ2v) is 4.95. The van der Waals surface area contributed by atoms with Crippen LogP contribution in [-0.2, 0) is 6.54 Å². The summed E-state index contributed by atoms with van der Waals surface area (Å²) in [6, 6.07) is 3.97. The lowest BCUT2D eigenvalue weighted by molar-refractivity contribution is 0.460. The highest BCUT2D eigenvalue weighted by Crippen LogP contribution is 2.27. The molecule has 1 aliphatic rings. The first kappa shape index (κ1) is 10.0. The van der Waals surface area contributed by atoms with Crippen molar-refractivity contribution >= 4 is 23.4 Å². The Bertz CT molecular complexity index is 549. The fourth-order valence-corrected chi connectivity index (χ4v) is 2.88. The van der Waals surface area contributed by atoms with Crippen LogP contribution in [-0.4, -0.2) is 14.5 Å². The Kier molecular flexibility index (Phi) is 2.52. The molecule has 0 saturated heterocycles. The number of aromatic amines is 1. The molecule has 3 nitrogen and oxygen atoms in total. The number of hydrogen-bond donors (Lipinski definition) is 1. The maximum atomic E-state index is 5.35. The molecule has 0 unspecified atom stereocenters. The van der Waals surface area contributed by atoms with Crippen molar-refractivity contribution in [2.75, 3.05) is 0 Å². The summed E-state index contributed by atoms with van der Waals surface area (Å²) in [6.45, 7) is 1.02. The summed E-state index contributed by atoms with van der Waals surface area (Å²) in [5.74, 6) is 0.785. The van der Waals surface area contributed by atoms with Gasteiger partial charge in [-0.3, -0.25) is 0 Å². The van der Waals surface area contributed by atoms with Crippen molar-refractivity contribution in [3.8, 4) is 0 Å². The number of imidazole rings is 1. The van der Waals surface area contributed by atoms with Crippen LogP contribution in [0.15, 0.2) is 18.3 Å². The summed E-state index contributed by atoms with van der Waals surface area (Å²) < 4.78 is 2.96. The molecule has 16 heavy (non-hydrogen) atoms. The van der Waals surface area contributed by atoms with E-state index < -0.39 is 0 Å². The lowest BCUT2D eigenvalue weighted by Crippen LogP contribution is -2.07. The summed E-state index contributed by atoms with van der Waals surface area (Å²) in [4.78, 5) is 7.63. The van der Waals surface area contributed by atoms with Gasteiger partial charge in [0.2, 0.25) is 0 Å². The van der Waals surface area contributed by atoms with Crippen LogP contribution in [0, 0.1) is 10.7 Å². The number of hydrogen-bond acceptors (Lipinski definition) is 2. The molecular weight excluding hydrogens is 218 g/mol. The van der Waals surface area contributed by atoms with E-state index in [1.807, 2.05) is 18.3 Å². The highest BCUT2D eigenvalue weighted by atomic mass is 32.1. The van der Waals surface area contributed by atoms with Crippen molar-refractivity contribution < 1.29 is 0 Å². The average Bonchev–Trinajstić information content (AvgIpc) is 2.89. The molecule has 0 aromatic carbocycles. The highest BCUT2D eigenvalue weighted by molar-refractivity contribution is 7.71. The Hall–Kier alpha value is -1.16. The summed E-state index contributed by atoms with van der Waals surface area (Å²) in [6.07, 6.45) is 7.24. The summed E-state index contributed by atoms with van der Waals surface area (Å²) in [5.41, 5.74) is 2.05. The van der Waals surface area contributed by atoms with Crippen molar-refractivity contribution in [3.63, 3.8) is 0 Å². The van der Waals surface area contributed by atoms with Gasteiger partial charge in [-0.15, -0.1) is 0 Å². The molecular formula is C12H15N3S. The third-order valence-corrected chi connectivity index (χ3v) is 3.77. The van der Waals surface area contributed by atoms with E-state index >= 15 is 0 Å². The quantitative estimate of drug-likeness (QED) is 0.808. The topological polar surface area (TPSA) is 33.6 Å². The van der Waals surface area contributed by atoms with Gasteiger partial charge in [0.15, 0.2) is 10.4 Å². The van der Waals surface area contributed by atoms with Gasteiger partial charge in [0.25, 0.3) is 0 Å². The Morgan fingerprint density at radius 3 is 3.06 bits per heavy atom. The SMILES string of the molecule is S=c1[nH]c2cccnc2n1CC1CCCC1. The molecule has 0 atom stereocenters. The van der Waals surface area contributed by atoms with Gasteiger partial charge in [0.1, 0.15) is 0 Å². The minimum Gasteiger partial charge on any atom is -0.329 e. The predicted octanol–water partition coefficient (Wildman–Crippen LogP) is 3.28. The maximum absolute atomic E-state index is 5.35. The van der Waals surface area contributed by atoms with E-state index in [0.29, 0.717) is 0 Å². The van der Waals surface area contributed by atoms with Crippen LogP contribution in [0.1, 0.15) is 25.7 Å². The number of fused-ring (bicyclic) bond motifs is 1. The second-order valence-electron chi connectivity index (χ2n) is 4.57. The van der Waals surface area contributed by atoms with Crippen LogP contribution in [0.25, 0.3) is 11.2 Å². The molecule has 1 fully saturated rings. The first-order chi connectivity index (χ1) is 7.84. The van der Waals surface area contributed by atoms with E-state index in [2.05, 4.69) is 14.5 Å². The average molecular weight is 233 g/mol. The van der Waals surface area contributed by atoms with Gasteiger partial charge in [0.05, 0.1) is 5.52 Å². The molecule has 0 bridgehead atoms. The molecule has 3 rings (SSSR count). The molecule has 2 heterocycles. The third-order valence-electron chi connectivity index (χ3n) is 3.44. The lowest BCUT2D eigenvalue weighted by Gasteiger charge is -2.09. The molecule has 0 spiro atoms. The van der Waals surface area contributed by atoms with Crippen molar-refractivity contribution in [2.45, 2.75) is 32.2 Å². The molecule has 0 amide bonds. The van der Waals surface area contributed by atoms with Crippen molar-refractivity contribution in [1.29, 1.82) is 0 Å². The Morgan fingerprint density at radius 1 is 1.44 bits per heavy atom. The van der Waals surface area contributed by atoms with E-state index in [1.54, 1.807) is 0 Å². The van der Waals surface area contributed by atoms with Crippen LogP contribution in [0.4, 0.5) is 0 Å². The maximum Gasteiger partial charge on any atom is 0.179 e. The lowest BCUT2D eigenvalue weighted by atomic mass is 10.1. The molecule has 1 N–H and O–H groups in total. The number of rotatable bonds is 2. The van der Waals surface area contributed by atoms with Gasteiger partial charge < -0.3 is 9.55 Å². The smallest absolute Gasteiger partial charge is 0.179 e. The largest absolute Gasteiger partial charge is 0.329 e. The van der Waals surface area contributed by atoms with Crippen molar-refractivity contribution in [2.24, 2.45) is 5.92 Å². The number of aromatic nitrogens is 3. The number of H-pyrrole nitrogens is 1. The van der Waals surface area contributed by atoms with Crippen molar-refractivity contribution in [3.05, 3.63) is 23.1 Å². The van der Waals surface area contributed by atoms with Gasteiger partial charge in [-0.1, -0.05) is 12.8 Å². The number of nitrogens with zero attached hydrogens (tertiary/aromatic N) is 2. The van der Waals surface area contributed by atoms with Gasteiger partial charge in [-0.25, -0.2) is 4.98 Å². The van der Waals surface area contributed by atoms with E-state index in [4.69, 9.17) is 12.2 Å². The second kappa shape index (κ2) is 4.01. The first-order valence-electron chi connectivity index (χ1n) is 5.88. The number of nitrogens with one attached hydrogen (secondary N) is 1. The molecule has 0 radical (unpaired) electrons. The van der Waals surface area contributed by atoms with Crippen LogP contribution in [0.3, 0.4) is 0 Å². The van der Waals surface area contributed by atoms with E-state index in [1.165, 1.54) is 25.7 Å². The highest BCUT2D eigenvalue weighted by Gasteiger charge is 2.17. The summed E-state index contributed by atoms with van der Waals surface area (Å²) >= 11 is 5.35. The van der Waals surface area contributed by atoms with Crippen LogP contribution < -0.4 is 0 Å². The molecule has 84 valence electrons. The van der Waals surface area contributed by atoms with Crippen LogP contribution in [0.5, 0.6) is 0 Å². The Morgan fingerprint density at radius 2 is 2.25 bits per heavy atom. The molecule has 0 aliphatic heterocycles.